The molecule has 0 bridgehead atoms. The van der Waals surface area contributed by atoms with Crippen LogP contribution in [-0.4, -0.2) is 35.6 Å². The van der Waals surface area contributed by atoms with Crippen LogP contribution in [0.2, 0.25) is 0 Å². The van der Waals surface area contributed by atoms with Crippen LogP contribution in [0.25, 0.3) is 16.9 Å². The van der Waals surface area contributed by atoms with Crippen LogP contribution in [0.15, 0.2) is 61.3 Å². The fourth-order valence-corrected chi connectivity index (χ4v) is 2.19. The number of carbonyl (C=O) groups excluding carboxylic acids is 1. The van der Waals surface area contributed by atoms with E-state index in [9.17, 15) is 4.79 Å². The number of para-hydroxylation sites is 2. The lowest BCUT2D eigenvalue weighted by Crippen LogP contribution is -2.15. The molecule has 0 aliphatic rings. The minimum Gasteiger partial charge on any atom is -0.305 e. The summed E-state index contributed by atoms with van der Waals surface area (Å²) in [5.74, 6) is 0.517. The molecule has 0 unspecified atom stereocenters. The van der Waals surface area contributed by atoms with Gasteiger partial charge in [0.1, 0.15) is 17.8 Å². The van der Waals surface area contributed by atoms with E-state index in [0.717, 1.165) is 5.52 Å². The molecule has 3 heterocycles. The number of rotatable bonds is 3. The zero-order valence-corrected chi connectivity index (χ0v) is 12.4. The Kier molecular flexibility index (Phi) is 3.39. The number of amides is 1. The highest BCUT2D eigenvalue weighted by Gasteiger charge is 2.11. The first-order valence-corrected chi connectivity index (χ1v) is 7.15. The number of nitrogens with one attached hydrogen (secondary N) is 1. The molecule has 0 radical (unpaired) electrons. The van der Waals surface area contributed by atoms with Crippen LogP contribution in [0.5, 0.6) is 0 Å². The van der Waals surface area contributed by atoms with E-state index < -0.39 is 5.91 Å². The Bertz CT molecular complexity index is 1010. The van der Waals surface area contributed by atoms with Crippen molar-refractivity contribution in [2.75, 3.05) is 5.32 Å². The largest absolute Gasteiger partial charge is 0.305 e. The summed E-state index contributed by atoms with van der Waals surface area (Å²) in [6.45, 7) is 0. The third kappa shape index (κ3) is 2.68. The summed E-state index contributed by atoms with van der Waals surface area (Å²) in [5, 5.41) is 6.78. The highest BCUT2D eigenvalue weighted by molar-refractivity contribution is 6.03. The number of carbonyl (C=O) groups is 1. The Hall–Kier alpha value is -3.68. The summed E-state index contributed by atoms with van der Waals surface area (Å²) in [6.07, 6.45) is 6.19. The highest BCUT2D eigenvalue weighted by atomic mass is 16.1. The fraction of sp³-hybridized carbons (Fsp3) is 0. The highest BCUT2D eigenvalue weighted by Crippen LogP contribution is 2.11. The van der Waals surface area contributed by atoms with Crippen LogP contribution in [0, 0.1) is 0 Å². The molecule has 4 aromatic rings. The van der Waals surface area contributed by atoms with Crippen molar-refractivity contribution in [3.05, 3.63) is 67.0 Å². The standard InChI is InChI=1S/C16H11N7O/c24-16(13-9-17-11-4-1-2-5-12(11)21-13)22-14-8-15(19-10-18-14)23-7-3-6-20-23/h1-10H,(H,18,19,22,24). The Morgan fingerprint density at radius 3 is 2.75 bits per heavy atom. The molecule has 8 heteroatoms. The smallest absolute Gasteiger partial charge is 0.277 e. The summed E-state index contributed by atoms with van der Waals surface area (Å²) >= 11 is 0. The van der Waals surface area contributed by atoms with Gasteiger partial charge < -0.3 is 5.32 Å². The number of hydrogen-bond donors (Lipinski definition) is 1. The molecule has 1 N–H and O–H groups in total. The van der Waals surface area contributed by atoms with Crippen LogP contribution >= 0.6 is 0 Å². The Morgan fingerprint density at radius 2 is 1.92 bits per heavy atom. The van der Waals surface area contributed by atoms with Crippen LogP contribution in [0.3, 0.4) is 0 Å². The van der Waals surface area contributed by atoms with E-state index >= 15 is 0 Å². The third-order valence-corrected chi connectivity index (χ3v) is 3.31. The lowest BCUT2D eigenvalue weighted by atomic mass is 10.3. The van der Waals surface area contributed by atoms with Gasteiger partial charge in [-0.1, -0.05) is 12.1 Å². The van der Waals surface area contributed by atoms with Crippen molar-refractivity contribution in [1.82, 2.24) is 29.7 Å². The zero-order chi connectivity index (χ0) is 16.4. The van der Waals surface area contributed by atoms with Gasteiger partial charge in [-0.05, 0) is 18.2 Å². The van der Waals surface area contributed by atoms with Gasteiger partial charge in [0, 0.05) is 18.5 Å². The van der Waals surface area contributed by atoms with Gasteiger partial charge in [0.15, 0.2) is 5.82 Å². The second-order valence-corrected chi connectivity index (χ2v) is 4.91. The van der Waals surface area contributed by atoms with Crippen molar-refractivity contribution in [2.45, 2.75) is 0 Å². The van der Waals surface area contributed by atoms with Gasteiger partial charge in [-0.25, -0.2) is 19.6 Å². The molecule has 0 saturated heterocycles. The normalized spacial score (nSPS) is 10.7. The van der Waals surface area contributed by atoms with E-state index in [1.54, 1.807) is 35.3 Å². The molecular formula is C16H11N7O. The Labute approximate surface area is 136 Å². The van der Waals surface area contributed by atoms with Gasteiger partial charge in [-0.2, -0.15) is 5.10 Å². The summed E-state index contributed by atoms with van der Waals surface area (Å²) in [6, 6.07) is 10.8. The molecule has 24 heavy (non-hydrogen) atoms. The van der Waals surface area contributed by atoms with E-state index in [2.05, 4.69) is 30.4 Å². The molecule has 3 aromatic heterocycles. The molecule has 1 amide bonds. The summed E-state index contributed by atoms with van der Waals surface area (Å²) in [4.78, 5) is 29.1. The molecule has 1 aromatic carbocycles. The molecule has 0 spiro atoms. The van der Waals surface area contributed by atoms with Crippen LogP contribution in [-0.2, 0) is 0 Å². The maximum Gasteiger partial charge on any atom is 0.277 e. The molecule has 0 saturated carbocycles. The first kappa shape index (κ1) is 13.9. The van der Waals surface area contributed by atoms with Crippen molar-refractivity contribution >= 4 is 22.8 Å². The summed E-state index contributed by atoms with van der Waals surface area (Å²) in [7, 11) is 0. The average molecular weight is 317 g/mol. The number of benzene rings is 1. The fourth-order valence-electron chi connectivity index (χ4n) is 2.19. The first-order valence-electron chi connectivity index (χ1n) is 7.15. The molecule has 0 aliphatic carbocycles. The van der Waals surface area contributed by atoms with Crippen LogP contribution < -0.4 is 5.32 Å². The van der Waals surface area contributed by atoms with E-state index in [-0.39, 0.29) is 5.69 Å². The summed E-state index contributed by atoms with van der Waals surface area (Å²) in [5.41, 5.74) is 1.61. The quantitative estimate of drug-likeness (QED) is 0.619. The molecule has 4 rings (SSSR count). The van der Waals surface area contributed by atoms with Gasteiger partial charge in [-0.15, -0.1) is 0 Å². The lowest BCUT2D eigenvalue weighted by Gasteiger charge is -2.06. The first-order chi connectivity index (χ1) is 11.8. The van der Waals surface area contributed by atoms with Crippen LogP contribution in [0.4, 0.5) is 5.82 Å². The molecule has 0 fully saturated rings. The number of aromatic nitrogens is 6. The SMILES string of the molecule is O=C(Nc1cc(-n2cccn2)ncn1)c1cnc2ccccc2n1. The molecule has 116 valence electrons. The van der Waals surface area contributed by atoms with Crippen molar-refractivity contribution in [2.24, 2.45) is 0 Å². The van der Waals surface area contributed by atoms with Crippen LogP contribution in [0.1, 0.15) is 10.5 Å². The van der Waals surface area contributed by atoms with Gasteiger partial charge >= 0.3 is 0 Å². The number of anilines is 1. The third-order valence-electron chi connectivity index (χ3n) is 3.31. The number of hydrogen-bond acceptors (Lipinski definition) is 6. The van der Waals surface area contributed by atoms with E-state index in [1.807, 2.05) is 18.2 Å². The second-order valence-electron chi connectivity index (χ2n) is 4.91. The number of fused-ring (bicyclic) bond motifs is 1. The van der Waals surface area contributed by atoms with Gasteiger partial charge in [-0.3, -0.25) is 9.78 Å². The average Bonchev–Trinajstić information content (AvgIpc) is 3.16. The molecule has 0 aliphatic heterocycles. The van der Waals surface area contributed by atoms with E-state index in [4.69, 9.17) is 0 Å². The molecule has 8 nitrogen and oxygen atoms in total. The Balaban J connectivity index is 1.60. The minimum absolute atomic E-state index is 0.216. The van der Waals surface area contributed by atoms with Crippen molar-refractivity contribution in [3.8, 4) is 5.82 Å². The van der Waals surface area contributed by atoms with Gasteiger partial charge in [0.05, 0.1) is 17.2 Å². The zero-order valence-electron chi connectivity index (χ0n) is 12.4. The lowest BCUT2D eigenvalue weighted by molar-refractivity contribution is 0.102. The number of nitrogens with zero attached hydrogens (tertiary/aromatic N) is 6. The minimum atomic E-state index is -0.390. The Morgan fingerprint density at radius 1 is 1.04 bits per heavy atom. The van der Waals surface area contributed by atoms with Gasteiger partial charge in [0.2, 0.25) is 0 Å². The second kappa shape index (κ2) is 5.84. The predicted molar refractivity (Wildman–Crippen MR) is 86.6 cm³/mol. The topological polar surface area (TPSA) is 98.5 Å². The maximum atomic E-state index is 12.4. The molecular weight excluding hydrogens is 306 g/mol. The predicted octanol–water partition coefficient (Wildman–Crippen LogP) is 1.86. The van der Waals surface area contributed by atoms with E-state index in [1.165, 1.54) is 12.5 Å². The van der Waals surface area contributed by atoms with Crippen molar-refractivity contribution in [3.63, 3.8) is 0 Å². The summed E-state index contributed by atoms with van der Waals surface area (Å²) < 4.78 is 1.58. The van der Waals surface area contributed by atoms with Crippen molar-refractivity contribution < 1.29 is 4.79 Å². The van der Waals surface area contributed by atoms with Crippen molar-refractivity contribution in [1.29, 1.82) is 0 Å². The molecule has 0 atom stereocenters. The maximum absolute atomic E-state index is 12.4. The monoisotopic (exact) mass is 317 g/mol. The van der Waals surface area contributed by atoms with Gasteiger partial charge in [0.25, 0.3) is 5.91 Å². The van der Waals surface area contributed by atoms with E-state index in [0.29, 0.717) is 17.2 Å².